The fraction of sp³-hybridized carbons (Fsp3) is 0.381. The molecule has 0 aliphatic carbocycles. The summed E-state index contributed by atoms with van der Waals surface area (Å²) < 4.78 is 15.2. The summed E-state index contributed by atoms with van der Waals surface area (Å²) in [4.78, 5) is 13.7. The van der Waals surface area contributed by atoms with Gasteiger partial charge >= 0.3 is 0 Å². The first-order chi connectivity index (χ1) is 15.7. The topological polar surface area (TPSA) is 117 Å². The van der Waals surface area contributed by atoms with Gasteiger partial charge in [0, 0.05) is 31.9 Å². The second kappa shape index (κ2) is 7.45. The predicted molar refractivity (Wildman–Crippen MR) is 118 cm³/mol. The van der Waals surface area contributed by atoms with E-state index in [2.05, 4.69) is 37.6 Å². The molecule has 1 unspecified atom stereocenters. The van der Waals surface area contributed by atoms with Gasteiger partial charge in [-0.05, 0) is 13.0 Å². The lowest BCUT2D eigenvalue weighted by Crippen LogP contribution is -2.40. The molecule has 1 atom stereocenters. The third-order valence-corrected chi connectivity index (χ3v) is 5.80. The fourth-order valence-corrected chi connectivity index (χ4v) is 3.94. The van der Waals surface area contributed by atoms with Crippen molar-refractivity contribution in [3.8, 4) is 17.3 Å². The van der Waals surface area contributed by atoms with Gasteiger partial charge in [-0.1, -0.05) is 0 Å². The first-order valence-corrected chi connectivity index (χ1v) is 10.6. The van der Waals surface area contributed by atoms with Crippen molar-refractivity contribution in [3.63, 3.8) is 0 Å². The Balaban J connectivity index is 1.45. The Morgan fingerprint density at radius 3 is 2.94 bits per heavy atom. The minimum Gasteiger partial charge on any atom is -0.477 e. The number of rotatable bonds is 2. The maximum absolute atomic E-state index is 6.13. The highest BCUT2D eigenvalue weighted by molar-refractivity contribution is 5.91. The van der Waals surface area contributed by atoms with Crippen LogP contribution in [0.4, 0.5) is 17.5 Å². The van der Waals surface area contributed by atoms with Crippen molar-refractivity contribution in [1.82, 2.24) is 34.5 Å². The van der Waals surface area contributed by atoms with Crippen LogP contribution in [-0.2, 0) is 11.8 Å². The van der Waals surface area contributed by atoms with Crippen LogP contribution in [-0.4, -0.2) is 60.4 Å². The third kappa shape index (κ3) is 3.21. The maximum atomic E-state index is 6.13. The Morgan fingerprint density at radius 2 is 2.09 bits per heavy atom. The lowest BCUT2D eigenvalue weighted by Gasteiger charge is -2.26. The molecule has 2 aliphatic rings. The van der Waals surface area contributed by atoms with Crippen LogP contribution in [0, 0.1) is 0 Å². The summed E-state index contributed by atoms with van der Waals surface area (Å²) in [5.41, 5.74) is 1.74. The van der Waals surface area contributed by atoms with Gasteiger partial charge < -0.3 is 20.1 Å². The Labute approximate surface area is 183 Å². The molecule has 11 nitrogen and oxygen atoms in total. The van der Waals surface area contributed by atoms with Crippen LogP contribution in [0.3, 0.4) is 0 Å². The molecule has 4 aromatic heterocycles. The molecule has 4 aromatic rings. The van der Waals surface area contributed by atoms with E-state index in [4.69, 9.17) is 14.6 Å². The van der Waals surface area contributed by atoms with Crippen molar-refractivity contribution in [1.29, 1.82) is 0 Å². The van der Waals surface area contributed by atoms with Crippen LogP contribution in [0.25, 0.3) is 22.3 Å². The number of aryl methyl sites for hydroxylation is 1. The summed E-state index contributed by atoms with van der Waals surface area (Å²) in [6.45, 7) is 4.02. The highest BCUT2D eigenvalue weighted by Crippen LogP contribution is 2.32. The van der Waals surface area contributed by atoms with Crippen molar-refractivity contribution in [2.45, 2.75) is 25.4 Å². The van der Waals surface area contributed by atoms with Gasteiger partial charge in [0.05, 0.1) is 49.0 Å². The average Bonchev–Trinajstić information content (AvgIpc) is 3.31. The van der Waals surface area contributed by atoms with Gasteiger partial charge in [0.15, 0.2) is 11.6 Å². The Morgan fingerprint density at radius 1 is 1.19 bits per heavy atom. The van der Waals surface area contributed by atoms with Crippen molar-refractivity contribution in [2.75, 3.05) is 30.5 Å². The summed E-state index contributed by atoms with van der Waals surface area (Å²) in [6.07, 6.45) is 6.04. The number of hydrogen-bond acceptors (Lipinski definition) is 9. The van der Waals surface area contributed by atoms with Gasteiger partial charge in [0.2, 0.25) is 5.88 Å². The largest absolute Gasteiger partial charge is 0.477 e. The molecule has 6 rings (SSSR count). The van der Waals surface area contributed by atoms with E-state index in [1.54, 1.807) is 17.1 Å². The normalized spacial score (nSPS) is 18.4. The quantitative estimate of drug-likeness (QED) is 0.492. The third-order valence-electron chi connectivity index (χ3n) is 5.80. The van der Waals surface area contributed by atoms with Gasteiger partial charge in [-0.2, -0.15) is 10.2 Å². The van der Waals surface area contributed by atoms with E-state index in [0.717, 1.165) is 28.7 Å². The molecule has 1 saturated heterocycles. The minimum atomic E-state index is 0.106. The van der Waals surface area contributed by atoms with Crippen LogP contribution in [0.15, 0.2) is 30.7 Å². The summed E-state index contributed by atoms with van der Waals surface area (Å²) >= 11 is 0. The van der Waals surface area contributed by atoms with E-state index in [-0.39, 0.29) is 12.1 Å². The van der Waals surface area contributed by atoms with E-state index < -0.39 is 0 Å². The van der Waals surface area contributed by atoms with Gasteiger partial charge in [0.1, 0.15) is 17.2 Å². The van der Waals surface area contributed by atoms with E-state index in [1.807, 2.05) is 30.1 Å². The van der Waals surface area contributed by atoms with Crippen LogP contribution in [0.1, 0.15) is 19.4 Å². The van der Waals surface area contributed by atoms with E-state index in [9.17, 15) is 0 Å². The van der Waals surface area contributed by atoms with E-state index >= 15 is 0 Å². The van der Waals surface area contributed by atoms with E-state index in [0.29, 0.717) is 43.2 Å². The number of fused-ring (bicyclic) bond motifs is 5. The molecule has 164 valence electrons. The highest BCUT2D eigenvalue weighted by Gasteiger charge is 2.23. The number of nitrogens with one attached hydrogen (secondary N) is 2. The summed E-state index contributed by atoms with van der Waals surface area (Å²) in [7, 11) is 1.85. The number of aromatic nitrogens is 7. The van der Waals surface area contributed by atoms with E-state index in [1.165, 1.54) is 0 Å². The Bertz CT molecular complexity index is 1290. The summed E-state index contributed by atoms with van der Waals surface area (Å²) in [5.74, 6) is 3.33. The summed E-state index contributed by atoms with van der Waals surface area (Å²) in [6, 6.07) is 4.19. The zero-order valence-electron chi connectivity index (χ0n) is 17.8. The highest BCUT2D eigenvalue weighted by atomic mass is 16.5. The molecule has 0 saturated carbocycles. The molecule has 0 radical (unpaired) electrons. The van der Waals surface area contributed by atoms with Crippen LogP contribution in [0.5, 0.6) is 5.88 Å². The van der Waals surface area contributed by atoms with Crippen LogP contribution >= 0.6 is 0 Å². The predicted octanol–water partition coefficient (Wildman–Crippen LogP) is 2.52. The smallest absolute Gasteiger partial charge is 0.222 e. The molecule has 6 heterocycles. The average molecular weight is 433 g/mol. The van der Waals surface area contributed by atoms with Gasteiger partial charge in [-0.3, -0.25) is 4.68 Å². The monoisotopic (exact) mass is 433 g/mol. The SMILES string of the molecule is CC1CCOc2c(cnn2C)-c2nccc(n2)Nc2cc3c(cn2)c(NC2COC2)nn31. The number of hydrogen-bond donors (Lipinski definition) is 2. The molecular formula is C21H23N9O2. The molecule has 0 amide bonds. The standard InChI is InChI=1S/C21H23N9O2/c1-12-4-6-32-21-15(9-24-29(21)2)19-22-5-3-17(27-19)26-18-7-16-14(8-23-18)20(28-30(12)16)25-13-10-31-11-13/h3,5,7-9,12-13H,4,6,10-11H2,1-2H3,(H,25,28)(H,22,23,26,27). The molecule has 11 heteroatoms. The molecule has 4 bridgehead atoms. The maximum Gasteiger partial charge on any atom is 0.222 e. The van der Waals surface area contributed by atoms with Gasteiger partial charge in [0.25, 0.3) is 0 Å². The van der Waals surface area contributed by atoms with Crippen LogP contribution < -0.4 is 15.4 Å². The zero-order chi connectivity index (χ0) is 21.7. The van der Waals surface area contributed by atoms with Crippen molar-refractivity contribution in [3.05, 3.63) is 30.7 Å². The van der Waals surface area contributed by atoms with Crippen LogP contribution in [0.2, 0.25) is 0 Å². The lowest BCUT2D eigenvalue weighted by atomic mass is 10.2. The number of anilines is 3. The van der Waals surface area contributed by atoms with Crippen molar-refractivity contribution < 1.29 is 9.47 Å². The molecule has 0 aromatic carbocycles. The Kier molecular flexibility index (Phi) is 4.42. The van der Waals surface area contributed by atoms with Crippen molar-refractivity contribution >= 4 is 28.4 Å². The second-order valence-corrected chi connectivity index (χ2v) is 8.12. The van der Waals surface area contributed by atoms with Gasteiger partial charge in [-0.25, -0.2) is 19.6 Å². The fourth-order valence-electron chi connectivity index (χ4n) is 3.94. The summed E-state index contributed by atoms with van der Waals surface area (Å²) in [5, 5.41) is 17.0. The molecule has 32 heavy (non-hydrogen) atoms. The molecule has 0 spiro atoms. The number of pyridine rings is 1. The van der Waals surface area contributed by atoms with Gasteiger partial charge in [-0.15, -0.1) is 0 Å². The molecular weight excluding hydrogens is 410 g/mol. The zero-order valence-corrected chi connectivity index (χ0v) is 17.8. The second-order valence-electron chi connectivity index (χ2n) is 8.12. The minimum absolute atomic E-state index is 0.106. The number of nitrogens with zero attached hydrogens (tertiary/aromatic N) is 7. The molecule has 1 fully saturated rings. The van der Waals surface area contributed by atoms with Crippen molar-refractivity contribution in [2.24, 2.45) is 7.05 Å². The molecule has 2 aliphatic heterocycles. The first-order valence-electron chi connectivity index (χ1n) is 10.6. The Hall–Kier alpha value is -3.73. The first kappa shape index (κ1) is 19.0. The lowest BCUT2D eigenvalue weighted by molar-refractivity contribution is 0.0209. The number of ether oxygens (including phenoxy) is 2. The molecule has 2 N–H and O–H groups in total.